The van der Waals surface area contributed by atoms with Crippen LogP contribution in [0.4, 0.5) is 0 Å². The lowest BCUT2D eigenvalue weighted by Gasteiger charge is -2.42. The van der Waals surface area contributed by atoms with Crippen LogP contribution in [0.25, 0.3) is 0 Å². The van der Waals surface area contributed by atoms with E-state index < -0.39 is 0 Å². The number of hydrogen-bond acceptors (Lipinski definition) is 9. The van der Waals surface area contributed by atoms with Crippen molar-refractivity contribution in [2.45, 2.75) is 158 Å². The third-order valence-electron chi connectivity index (χ3n) is 14.2. The fraction of sp³-hybridized carbons (Fsp3) is 0.800. The Balaban J connectivity index is 0.967. The van der Waals surface area contributed by atoms with E-state index in [9.17, 15) is 14.4 Å². The summed E-state index contributed by atoms with van der Waals surface area (Å²) in [5.74, 6) is 1.49. The smallest absolute Gasteiger partial charge is 0.240 e. The lowest BCUT2D eigenvalue weighted by Crippen LogP contribution is -2.55. The molecule has 0 spiro atoms. The van der Waals surface area contributed by atoms with Gasteiger partial charge in [0.2, 0.25) is 17.7 Å². The van der Waals surface area contributed by atoms with Crippen molar-refractivity contribution in [1.82, 2.24) is 44.9 Å². The van der Waals surface area contributed by atoms with Crippen LogP contribution >= 0.6 is 11.3 Å². The van der Waals surface area contributed by atoms with E-state index in [1.54, 1.807) is 11.3 Å². The van der Waals surface area contributed by atoms with Gasteiger partial charge in [0.25, 0.3) is 0 Å². The Morgan fingerprint density at radius 2 is 1.40 bits per heavy atom. The molecule has 9 heterocycles. The van der Waals surface area contributed by atoms with Crippen LogP contribution in [0.2, 0.25) is 0 Å². The molecule has 8 bridgehead atoms. The molecule has 7 aliphatic heterocycles. The molecule has 0 unspecified atom stereocenters. The Labute approximate surface area is 318 Å². The molecule has 11 rings (SSSR count). The molecule has 0 aromatic carbocycles. The number of carbonyl (C=O) groups is 3. The minimum Gasteiger partial charge on any atom is -0.352 e. The highest BCUT2D eigenvalue weighted by Crippen LogP contribution is 2.38. The molecule has 53 heavy (non-hydrogen) atoms. The number of thiazole rings is 1. The average molecular weight is 746 g/mol. The summed E-state index contributed by atoms with van der Waals surface area (Å²) in [6.07, 6.45) is 19.7. The predicted octanol–water partition coefficient (Wildman–Crippen LogP) is 4.24. The minimum absolute atomic E-state index is 0.00627. The second-order valence-corrected chi connectivity index (χ2v) is 18.8. The highest BCUT2D eigenvalue weighted by Gasteiger charge is 2.47. The molecule has 1 N–H and O–H groups in total. The Hall–Kier alpha value is -2.90. The summed E-state index contributed by atoms with van der Waals surface area (Å²) in [5.41, 5.74) is 1.96. The van der Waals surface area contributed by atoms with Gasteiger partial charge in [0.1, 0.15) is 0 Å². The van der Waals surface area contributed by atoms with Gasteiger partial charge >= 0.3 is 0 Å². The number of carbonyl (C=O) groups excluding carboxylic acids is 3. The van der Waals surface area contributed by atoms with Gasteiger partial charge in [-0.05, 0) is 70.6 Å². The van der Waals surface area contributed by atoms with Crippen molar-refractivity contribution in [3.05, 3.63) is 27.5 Å². The van der Waals surface area contributed by atoms with Crippen LogP contribution in [0, 0.1) is 12.8 Å². The van der Waals surface area contributed by atoms with Gasteiger partial charge in [0, 0.05) is 74.4 Å². The first kappa shape index (κ1) is 35.8. The first-order chi connectivity index (χ1) is 25.9. The summed E-state index contributed by atoms with van der Waals surface area (Å²) in [5, 5.41) is 13.7. The molecular formula is C40H59N9O3S. The lowest BCUT2D eigenvalue weighted by atomic mass is 9.86. The van der Waals surface area contributed by atoms with Crippen LogP contribution in [0.3, 0.4) is 0 Å². The molecule has 0 radical (unpaired) electrons. The number of hydrogen-bond donors (Lipinski definition) is 1. The van der Waals surface area contributed by atoms with E-state index in [4.69, 9.17) is 4.98 Å². The van der Waals surface area contributed by atoms with Gasteiger partial charge in [-0.1, -0.05) is 50.2 Å². The molecule has 3 amide bonds. The number of nitrogens with one attached hydrogen (secondary N) is 1. The summed E-state index contributed by atoms with van der Waals surface area (Å²) in [6, 6.07) is 0.360. The molecular weight excluding hydrogens is 687 g/mol. The SMILES string of the molecule is Cc1sc2nc1CC(=O)N[C@H]1C[C@@H](C(=O)N3CCC(CC3)N3C[C@@H](n4cc(CC5CCCCC5)nn4)C[C@H]3C(=O)N3CCC2CC3)N(C2CCCC2)C1. The first-order valence-corrected chi connectivity index (χ1v) is 21.9. The van der Waals surface area contributed by atoms with Crippen molar-refractivity contribution < 1.29 is 14.4 Å². The number of amides is 3. The van der Waals surface area contributed by atoms with Gasteiger partial charge in [-0.15, -0.1) is 16.4 Å². The number of rotatable bonds is 4. The fourth-order valence-electron chi connectivity index (χ4n) is 11.2. The fourth-order valence-corrected chi connectivity index (χ4v) is 12.3. The summed E-state index contributed by atoms with van der Waals surface area (Å²) >= 11 is 1.72. The Morgan fingerprint density at radius 1 is 0.755 bits per heavy atom. The van der Waals surface area contributed by atoms with Gasteiger partial charge in [0.05, 0.1) is 40.9 Å². The van der Waals surface area contributed by atoms with Crippen molar-refractivity contribution in [3.63, 3.8) is 0 Å². The second-order valence-electron chi connectivity index (χ2n) is 17.5. The van der Waals surface area contributed by atoms with E-state index >= 15 is 0 Å². The van der Waals surface area contributed by atoms with E-state index in [1.165, 1.54) is 44.9 Å². The van der Waals surface area contributed by atoms with Gasteiger partial charge in [-0.2, -0.15) is 0 Å². The predicted molar refractivity (Wildman–Crippen MR) is 202 cm³/mol. The molecule has 4 atom stereocenters. The van der Waals surface area contributed by atoms with Crippen LogP contribution in [-0.4, -0.2) is 127 Å². The maximum atomic E-state index is 14.5. The lowest BCUT2D eigenvalue weighted by molar-refractivity contribution is -0.141. The quantitative estimate of drug-likeness (QED) is 0.494. The van der Waals surface area contributed by atoms with Gasteiger partial charge in [0.15, 0.2) is 0 Å². The second kappa shape index (κ2) is 15.3. The molecule has 9 aliphatic rings. The summed E-state index contributed by atoms with van der Waals surface area (Å²) in [6.45, 7) is 6.50. The van der Waals surface area contributed by atoms with Crippen LogP contribution in [0.5, 0.6) is 0 Å². The van der Waals surface area contributed by atoms with Crippen molar-refractivity contribution in [3.8, 4) is 0 Å². The van der Waals surface area contributed by atoms with E-state index in [2.05, 4.69) is 53.0 Å². The molecule has 2 saturated carbocycles. The molecule has 2 aromatic heterocycles. The number of aromatic nitrogens is 4. The summed E-state index contributed by atoms with van der Waals surface area (Å²) in [4.78, 5) is 57.6. The zero-order valence-corrected chi connectivity index (χ0v) is 32.5. The van der Waals surface area contributed by atoms with Crippen molar-refractivity contribution in [1.29, 1.82) is 0 Å². The average Bonchev–Trinajstić information content (AvgIpc) is 4.03. The summed E-state index contributed by atoms with van der Waals surface area (Å²) in [7, 11) is 0. The molecule has 2 aliphatic carbocycles. The zero-order chi connectivity index (χ0) is 36.1. The number of likely N-dealkylation sites (tertiary alicyclic amines) is 1. The number of piperidine rings is 2. The third-order valence-corrected chi connectivity index (χ3v) is 15.4. The molecule has 4 saturated heterocycles. The van der Waals surface area contributed by atoms with E-state index in [0.29, 0.717) is 37.4 Å². The van der Waals surface area contributed by atoms with Crippen LogP contribution < -0.4 is 5.32 Å². The Bertz CT molecular complexity index is 1630. The van der Waals surface area contributed by atoms with Gasteiger partial charge in [-0.25, -0.2) is 9.67 Å². The topological polar surface area (TPSA) is 120 Å². The normalized spacial score (nSPS) is 32.8. The van der Waals surface area contributed by atoms with E-state index in [1.807, 2.05) is 0 Å². The molecule has 12 nitrogen and oxygen atoms in total. The van der Waals surface area contributed by atoms with Crippen LogP contribution in [0.1, 0.15) is 130 Å². The number of fused-ring (bicyclic) bond motifs is 2. The van der Waals surface area contributed by atoms with E-state index in [-0.39, 0.29) is 54.4 Å². The maximum Gasteiger partial charge on any atom is 0.240 e. The highest BCUT2D eigenvalue weighted by molar-refractivity contribution is 7.11. The Kier molecular flexibility index (Phi) is 10.3. The number of nitrogens with zero attached hydrogens (tertiary/aromatic N) is 8. The third kappa shape index (κ3) is 7.43. The summed E-state index contributed by atoms with van der Waals surface area (Å²) < 4.78 is 2.07. The van der Waals surface area contributed by atoms with Crippen LogP contribution in [-0.2, 0) is 27.2 Å². The number of aryl methyl sites for hydroxylation is 1. The zero-order valence-electron chi connectivity index (χ0n) is 31.7. The monoisotopic (exact) mass is 745 g/mol. The molecule has 6 fully saturated rings. The highest BCUT2D eigenvalue weighted by atomic mass is 32.1. The largest absolute Gasteiger partial charge is 0.352 e. The Morgan fingerprint density at radius 3 is 2.13 bits per heavy atom. The van der Waals surface area contributed by atoms with Crippen molar-refractivity contribution in [2.24, 2.45) is 5.92 Å². The van der Waals surface area contributed by atoms with Crippen LogP contribution in [0.15, 0.2) is 6.20 Å². The first-order valence-electron chi connectivity index (χ1n) is 21.1. The van der Waals surface area contributed by atoms with Gasteiger partial charge in [-0.3, -0.25) is 24.2 Å². The van der Waals surface area contributed by atoms with Crippen molar-refractivity contribution in [2.75, 3.05) is 39.3 Å². The van der Waals surface area contributed by atoms with Crippen molar-refractivity contribution >= 4 is 29.1 Å². The molecule has 13 heteroatoms. The molecule has 2 aromatic rings. The van der Waals surface area contributed by atoms with Gasteiger partial charge < -0.3 is 15.1 Å². The van der Waals surface area contributed by atoms with E-state index in [0.717, 1.165) is 98.8 Å². The maximum absolute atomic E-state index is 14.5. The standard InChI is InChI=1S/C40H59N9O3S/c1-26-34-22-37(50)41-29-20-35(47(23-29)31-9-5-6-10-31)39(51)46-17-13-32(14-18-46)48-25-33(49-24-30(43-44-49)19-27-7-3-2-4-8-27)21-36(48)40(52)45-15-11-28(12-16-45)38(42-34)53-26/h24,27-29,31-33,35-36H,2-23,25H2,1H3,(H,41,50)/t29-,33-,35-,36-/m0/s1. The molecule has 288 valence electrons. The minimum atomic E-state index is -0.192.